The van der Waals surface area contributed by atoms with E-state index < -0.39 is 20.0 Å². The smallest absolute Gasteiger partial charge is 0.268 e. The van der Waals surface area contributed by atoms with Gasteiger partial charge in [0.25, 0.3) is 7.82 Å². The molecule has 0 aliphatic carbocycles. The molecule has 0 radical (unpaired) electrons. The predicted molar refractivity (Wildman–Crippen MR) is 201 cm³/mol. The van der Waals surface area contributed by atoms with Crippen molar-refractivity contribution in [2.24, 2.45) is 0 Å². The number of carbonyl (C=O) groups excluding carboxylic acids is 1. The third-order valence-corrected chi connectivity index (χ3v) is 9.31. The second-order valence-electron chi connectivity index (χ2n) is 14.3. The summed E-state index contributed by atoms with van der Waals surface area (Å²) < 4.78 is 23.0. The van der Waals surface area contributed by atoms with E-state index in [4.69, 9.17) is 9.05 Å². The molecule has 3 unspecified atom stereocenters. The Kier molecular flexibility index (Phi) is 30.8. The van der Waals surface area contributed by atoms with E-state index in [1.807, 2.05) is 27.2 Å². The summed E-state index contributed by atoms with van der Waals surface area (Å²) in [6.07, 6.45) is 36.2. The second kappa shape index (κ2) is 31.7. The number of nitrogens with zero attached hydrogens (tertiary/aromatic N) is 1. The Labute approximate surface area is 296 Å². The van der Waals surface area contributed by atoms with Crippen molar-refractivity contribution in [2.45, 2.75) is 167 Å². The van der Waals surface area contributed by atoms with Crippen LogP contribution in [0.1, 0.15) is 155 Å². The van der Waals surface area contributed by atoms with E-state index in [9.17, 15) is 19.4 Å². The molecule has 282 valence electrons. The van der Waals surface area contributed by atoms with Crippen LogP contribution in [0, 0.1) is 0 Å². The molecular formula is C39H75N2O6P. The summed E-state index contributed by atoms with van der Waals surface area (Å²) in [6.45, 7) is 4.55. The summed E-state index contributed by atoms with van der Waals surface area (Å²) >= 11 is 0. The normalized spacial score (nSPS) is 15.1. The molecule has 0 saturated heterocycles. The summed E-state index contributed by atoms with van der Waals surface area (Å²) in [5.74, 6) is -0.211. The minimum Gasteiger partial charge on any atom is -0.756 e. The van der Waals surface area contributed by atoms with Crippen LogP contribution in [0.25, 0.3) is 0 Å². The minimum absolute atomic E-state index is 0.00373. The van der Waals surface area contributed by atoms with Crippen molar-refractivity contribution in [1.29, 1.82) is 0 Å². The molecule has 1 amide bonds. The van der Waals surface area contributed by atoms with E-state index >= 15 is 0 Å². The predicted octanol–water partition coefficient (Wildman–Crippen LogP) is 9.33. The van der Waals surface area contributed by atoms with Gasteiger partial charge >= 0.3 is 0 Å². The van der Waals surface area contributed by atoms with Crippen molar-refractivity contribution in [1.82, 2.24) is 5.32 Å². The van der Waals surface area contributed by atoms with Crippen LogP contribution in [0.2, 0.25) is 0 Å². The van der Waals surface area contributed by atoms with Crippen LogP contribution in [0.4, 0.5) is 0 Å². The number of nitrogens with one attached hydrogen (secondary N) is 1. The summed E-state index contributed by atoms with van der Waals surface area (Å²) in [5.41, 5.74) is 0. The van der Waals surface area contributed by atoms with Crippen molar-refractivity contribution in [3.8, 4) is 0 Å². The summed E-state index contributed by atoms with van der Waals surface area (Å²) in [6, 6.07) is -0.886. The largest absolute Gasteiger partial charge is 0.756 e. The van der Waals surface area contributed by atoms with Crippen LogP contribution >= 0.6 is 7.82 Å². The van der Waals surface area contributed by atoms with Gasteiger partial charge in [0, 0.05) is 6.42 Å². The lowest BCUT2D eigenvalue weighted by Gasteiger charge is -2.29. The van der Waals surface area contributed by atoms with Crippen LogP contribution in [0.3, 0.4) is 0 Å². The first-order valence-corrected chi connectivity index (χ1v) is 20.8. The zero-order chi connectivity index (χ0) is 35.8. The molecule has 48 heavy (non-hydrogen) atoms. The van der Waals surface area contributed by atoms with E-state index in [-0.39, 0.29) is 19.1 Å². The SMILES string of the molecule is CCCCCC/C=C\C/C=C\CCCCCCCCCC(=O)NC(COP(=O)([O-])OCC[N+](C)(C)C)C(O)/C=C/CCCCCCCC. The molecule has 0 aromatic heterocycles. The summed E-state index contributed by atoms with van der Waals surface area (Å²) in [5, 5.41) is 13.6. The third kappa shape index (κ3) is 33.2. The second-order valence-corrected chi connectivity index (χ2v) is 15.7. The highest BCUT2D eigenvalue weighted by Crippen LogP contribution is 2.38. The molecule has 0 bridgehead atoms. The first-order valence-electron chi connectivity index (χ1n) is 19.4. The topological polar surface area (TPSA) is 108 Å². The molecule has 0 spiro atoms. The zero-order valence-electron chi connectivity index (χ0n) is 31.7. The number of likely N-dealkylation sites (N-methyl/N-ethyl adjacent to an activating group) is 1. The number of allylic oxidation sites excluding steroid dienone is 5. The van der Waals surface area contributed by atoms with Crippen molar-refractivity contribution in [2.75, 3.05) is 40.9 Å². The number of aliphatic hydroxyl groups excluding tert-OH is 1. The lowest BCUT2D eigenvalue weighted by molar-refractivity contribution is -0.870. The first kappa shape index (κ1) is 46.7. The van der Waals surface area contributed by atoms with Gasteiger partial charge in [-0.2, -0.15) is 0 Å². The number of hydrogen-bond acceptors (Lipinski definition) is 6. The number of carbonyl (C=O) groups is 1. The first-order chi connectivity index (χ1) is 23.0. The zero-order valence-corrected chi connectivity index (χ0v) is 32.6. The highest BCUT2D eigenvalue weighted by Gasteiger charge is 2.23. The van der Waals surface area contributed by atoms with Gasteiger partial charge in [-0.1, -0.05) is 134 Å². The van der Waals surface area contributed by atoms with E-state index in [0.717, 1.165) is 57.8 Å². The van der Waals surface area contributed by atoms with Gasteiger partial charge in [-0.3, -0.25) is 9.36 Å². The quantitative estimate of drug-likeness (QED) is 0.0300. The Morgan fingerprint density at radius 3 is 1.75 bits per heavy atom. The highest BCUT2D eigenvalue weighted by atomic mass is 31.2. The maximum absolute atomic E-state index is 12.7. The Bertz CT molecular complexity index is 886. The molecule has 0 rings (SSSR count). The van der Waals surface area contributed by atoms with Gasteiger partial charge in [0.1, 0.15) is 13.2 Å². The van der Waals surface area contributed by atoms with Gasteiger partial charge < -0.3 is 28.8 Å². The lowest BCUT2D eigenvalue weighted by atomic mass is 10.1. The molecule has 0 fully saturated rings. The summed E-state index contributed by atoms with van der Waals surface area (Å²) in [7, 11) is 1.25. The van der Waals surface area contributed by atoms with Gasteiger partial charge in [0.05, 0.1) is 39.9 Å². The number of aliphatic hydroxyl groups is 1. The monoisotopic (exact) mass is 699 g/mol. The Hall–Kier alpha value is -1.28. The maximum atomic E-state index is 12.7. The molecule has 2 N–H and O–H groups in total. The molecule has 0 aliphatic rings. The van der Waals surface area contributed by atoms with Crippen LogP contribution in [-0.2, 0) is 18.4 Å². The molecule has 0 aromatic rings. The molecule has 0 aliphatic heterocycles. The maximum Gasteiger partial charge on any atom is 0.268 e. The molecule has 0 heterocycles. The fraction of sp³-hybridized carbons (Fsp3) is 0.821. The highest BCUT2D eigenvalue weighted by molar-refractivity contribution is 7.45. The van der Waals surface area contributed by atoms with Gasteiger partial charge in [-0.25, -0.2) is 0 Å². The number of hydrogen-bond donors (Lipinski definition) is 2. The lowest BCUT2D eigenvalue weighted by Crippen LogP contribution is -2.45. The van der Waals surface area contributed by atoms with E-state index in [1.165, 1.54) is 77.0 Å². The molecule has 8 nitrogen and oxygen atoms in total. The number of phosphoric ester groups is 1. The van der Waals surface area contributed by atoms with Gasteiger partial charge in [-0.05, 0) is 51.4 Å². The Balaban J connectivity index is 4.40. The average Bonchev–Trinajstić information content (AvgIpc) is 3.02. The fourth-order valence-electron chi connectivity index (χ4n) is 5.18. The van der Waals surface area contributed by atoms with Gasteiger partial charge in [0.15, 0.2) is 0 Å². The molecule has 0 saturated carbocycles. The minimum atomic E-state index is -4.58. The van der Waals surface area contributed by atoms with Crippen LogP contribution < -0.4 is 10.2 Å². The number of unbranched alkanes of at least 4 members (excludes halogenated alkanes) is 17. The fourth-order valence-corrected chi connectivity index (χ4v) is 5.90. The number of rotatable bonds is 34. The number of amides is 1. The van der Waals surface area contributed by atoms with Crippen LogP contribution in [0.15, 0.2) is 36.5 Å². The van der Waals surface area contributed by atoms with Gasteiger partial charge in [0.2, 0.25) is 5.91 Å². The molecule has 0 aromatic carbocycles. The summed E-state index contributed by atoms with van der Waals surface area (Å²) in [4.78, 5) is 25.1. The number of quaternary nitrogens is 1. The van der Waals surface area contributed by atoms with Crippen LogP contribution in [0.5, 0.6) is 0 Å². The average molecular weight is 699 g/mol. The Morgan fingerprint density at radius 1 is 0.729 bits per heavy atom. The van der Waals surface area contributed by atoms with E-state index in [1.54, 1.807) is 6.08 Å². The van der Waals surface area contributed by atoms with E-state index in [0.29, 0.717) is 17.4 Å². The number of phosphoric acid groups is 1. The standard InChI is InChI=1S/C39H75N2O6P/c1-6-8-10-12-14-16-17-18-19-20-21-22-23-24-25-27-29-31-33-39(43)40-37(36-47-48(44,45)46-35-34-41(3,4)5)38(42)32-30-28-26-15-13-11-9-7-2/h16-17,19-20,30,32,37-38,42H,6-15,18,21-29,31,33-36H2,1-5H3,(H-,40,43,44,45)/b17-16-,20-19-,32-30+. The van der Waals surface area contributed by atoms with Crippen molar-refractivity contribution < 1.29 is 32.9 Å². The Morgan fingerprint density at radius 2 is 1.21 bits per heavy atom. The van der Waals surface area contributed by atoms with E-state index in [2.05, 4.69) is 43.5 Å². The third-order valence-electron chi connectivity index (χ3n) is 8.34. The van der Waals surface area contributed by atoms with Crippen molar-refractivity contribution >= 4 is 13.7 Å². The van der Waals surface area contributed by atoms with Gasteiger partial charge in [-0.15, -0.1) is 0 Å². The van der Waals surface area contributed by atoms with Crippen LogP contribution in [-0.4, -0.2) is 68.5 Å². The molecule has 3 atom stereocenters. The van der Waals surface area contributed by atoms with Crippen molar-refractivity contribution in [3.05, 3.63) is 36.5 Å². The molecule has 9 heteroatoms. The molecular weight excluding hydrogens is 623 g/mol. The van der Waals surface area contributed by atoms with Crippen molar-refractivity contribution in [3.63, 3.8) is 0 Å².